The van der Waals surface area contributed by atoms with Crippen molar-refractivity contribution in [2.75, 3.05) is 5.32 Å². The number of fused-ring (bicyclic) bond motifs is 1. The Balaban J connectivity index is 1.95. The van der Waals surface area contributed by atoms with Crippen LogP contribution in [0, 0.1) is 0 Å². The average Bonchev–Trinajstić information content (AvgIpc) is 3.06. The first-order chi connectivity index (χ1) is 9.28. The molecule has 3 rings (SSSR count). The molecular weight excluding hydrogens is 240 g/mol. The number of nitrogens with one attached hydrogen (secondary N) is 3. The molecule has 19 heavy (non-hydrogen) atoms. The number of carbonyl (C=O) groups excluding carboxylic acids is 1. The van der Waals surface area contributed by atoms with Gasteiger partial charge in [-0.2, -0.15) is 5.10 Å². The molecule has 0 saturated heterocycles. The monoisotopic (exact) mass is 254 g/mol. The van der Waals surface area contributed by atoms with E-state index in [2.05, 4.69) is 33.5 Å². The van der Waals surface area contributed by atoms with Gasteiger partial charge in [0.15, 0.2) is 0 Å². The Morgan fingerprint density at radius 3 is 3.05 bits per heavy atom. The highest BCUT2D eigenvalue weighted by atomic mass is 16.1. The van der Waals surface area contributed by atoms with Crippen molar-refractivity contribution in [3.63, 3.8) is 0 Å². The molecule has 3 aromatic rings. The summed E-state index contributed by atoms with van der Waals surface area (Å²) in [5, 5.41) is 10.3. The van der Waals surface area contributed by atoms with E-state index in [1.54, 1.807) is 12.4 Å². The molecule has 0 saturated carbocycles. The molecule has 0 bridgehead atoms. The number of benzene rings is 1. The van der Waals surface area contributed by atoms with Gasteiger partial charge in [0.25, 0.3) is 5.91 Å². The van der Waals surface area contributed by atoms with Crippen LogP contribution in [0.2, 0.25) is 0 Å². The summed E-state index contributed by atoms with van der Waals surface area (Å²) in [4.78, 5) is 15.2. The van der Waals surface area contributed by atoms with E-state index in [-0.39, 0.29) is 5.91 Å². The molecule has 0 unspecified atom stereocenters. The van der Waals surface area contributed by atoms with Gasteiger partial charge in [0.2, 0.25) is 0 Å². The van der Waals surface area contributed by atoms with E-state index >= 15 is 0 Å². The summed E-state index contributed by atoms with van der Waals surface area (Å²) in [5.74, 6) is -0.167. The third-order valence-electron chi connectivity index (χ3n) is 3.14. The van der Waals surface area contributed by atoms with E-state index in [4.69, 9.17) is 0 Å². The Morgan fingerprint density at radius 1 is 1.42 bits per heavy atom. The maximum absolute atomic E-state index is 12.1. The minimum absolute atomic E-state index is 0.167. The summed E-state index contributed by atoms with van der Waals surface area (Å²) in [5.41, 5.74) is 3.42. The second-order valence-electron chi connectivity index (χ2n) is 4.36. The Kier molecular flexibility index (Phi) is 2.79. The van der Waals surface area contributed by atoms with Crippen LogP contribution in [0.5, 0.6) is 0 Å². The molecule has 0 radical (unpaired) electrons. The number of hydrogen-bond donors (Lipinski definition) is 3. The third kappa shape index (κ3) is 2.10. The van der Waals surface area contributed by atoms with Gasteiger partial charge in [-0.05, 0) is 24.1 Å². The maximum atomic E-state index is 12.1. The quantitative estimate of drug-likeness (QED) is 0.672. The van der Waals surface area contributed by atoms with Crippen LogP contribution in [0.1, 0.15) is 23.0 Å². The normalized spacial score (nSPS) is 10.8. The zero-order chi connectivity index (χ0) is 13.2. The molecule has 1 aromatic carbocycles. The molecule has 0 aliphatic rings. The molecule has 3 N–H and O–H groups in total. The summed E-state index contributed by atoms with van der Waals surface area (Å²) in [7, 11) is 0. The lowest BCUT2D eigenvalue weighted by Gasteiger charge is -1.98. The minimum atomic E-state index is -0.167. The molecule has 2 aromatic heterocycles. The highest BCUT2D eigenvalue weighted by Gasteiger charge is 2.11. The second-order valence-corrected chi connectivity index (χ2v) is 4.36. The fraction of sp³-hybridized carbons (Fsp3) is 0.143. The van der Waals surface area contributed by atoms with Crippen LogP contribution in [-0.2, 0) is 6.42 Å². The van der Waals surface area contributed by atoms with Crippen molar-refractivity contribution in [1.82, 2.24) is 15.2 Å². The summed E-state index contributed by atoms with van der Waals surface area (Å²) in [6.07, 6.45) is 4.15. The van der Waals surface area contributed by atoms with E-state index in [1.165, 1.54) is 5.56 Å². The topological polar surface area (TPSA) is 73.6 Å². The summed E-state index contributed by atoms with van der Waals surface area (Å²) < 4.78 is 0. The van der Waals surface area contributed by atoms with Gasteiger partial charge in [-0.3, -0.25) is 9.89 Å². The number of aryl methyl sites for hydroxylation is 1. The molecule has 0 fully saturated rings. The van der Waals surface area contributed by atoms with Crippen molar-refractivity contribution < 1.29 is 4.79 Å². The number of H-pyrrole nitrogens is 2. The van der Waals surface area contributed by atoms with Gasteiger partial charge in [0.1, 0.15) is 5.69 Å². The van der Waals surface area contributed by atoms with Crippen molar-refractivity contribution in [3.05, 3.63) is 47.9 Å². The van der Waals surface area contributed by atoms with E-state index < -0.39 is 0 Å². The molecule has 96 valence electrons. The fourth-order valence-electron chi connectivity index (χ4n) is 2.17. The lowest BCUT2D eigenvalue weighted by Crippen LogP contribution is -2.11. The van der Waals surface area contributed by atoms with Crippen molar-refractivity contribution in [1.29, 1.82) is 0 Å². The second kappa shape index (κ2) is 4.61. The third-order valence-corrected chi connectivity index (χ3v) is 3.14. The number of hydrogen-bond acceptors (Lipinski definition) is 2. The highest BCUT2D eigenvalue weighted by molar-refractivity contribution is 6.06. The molecule has 2 heterocycles. The first-order valence-electron chi connectivity index (χ1n) is 6.18. The smallest absolute Gasteiger partial charge is 0.272 e. The van der Waals surface area contributed by atoms with Crippen LogP contribution in [-0.4, -0.2) is 21.1 Å². The number of carbonyl (C=O) groups is 1. The predicted molar refractivity (Wildman–Crippen MR) is 74.2 cm³/mol. The van der Waals surface area contributed by atoms with Crippen LogP contribution >= 0.6 is 0 Å². The predicted octanol–water partition coefficient (Wildman–Crippen LogP) is 2.71. The first kappa shape index (κ1) is 11.5. The van der Waals surface area contributed by atoms with Crippen molar-refractivity contribution in [2.24, 2.45) is 0 Å². The number of rotatable bonds is 3. The SMILES string of the molecule is CCc1cccc2[nH]c(C(=O)Nc3cn[nH]c3)cc12. The minimum Gasteiger partial charge on any atom is -0.351 e. The number of amides is 1. The Bertz CT molecular complexity index is 712. The lowest BCUT2D eigenvalue weighted by molar-refractivity contribution is 0.102. The first-order valence-corrected chi connectivity index (χ1v) is 6.18. The van der Waals surface area contributed by atoms with Crippen molar-refractivity contribution in [3.8, 4) is 0 Å². The van der Waals surface area contributed by atoms with Crippen LogP contribution in [0.25, 0.3) is 10.9 Å². The van der Waals surface area contributed by atoms with E-state index in [0.29, 0.717) is 11.4 Å². The highest BCUT2D eigenvalue weighted by Crippen LogP contribution is 2.21. The van der Waals surface area contributed by atoms with Crippen molar-refractivity contribution >= 4 is 22.5 Å². The Hall–Kier alpha value is -2.56. The number of nitrogens with zero attached hydrogens (tertiary/aromatic N) is 1. The van der Waals surface area contributed by atoms with Gasteiger partial charge < -0.3 is 10.3 Å². The standard InChI is InChI=1S/C14H14N4O/c1-2-9-4-3-5-12-11(9)6-13(18-12)14(19)17-10-7-15-16-8-10/h3-8,18H,2H2,1H3,(H,15,16)(H,17,19). The number of aromatic amines is 2. The molecule has 0 aliphatic heterocycles. The zero-order valence-corrected chi connectivity index (χ0v) is 10.5. The number of anilines is 1. The lowest BCUT2D eigenvalue weighted by atomic mass is 10.1. The molecule has 0 aliphatic carbocycles. The van der Waals surface area contributed by atoms with E-state index in [9.17, 15) is 4.79 Å². The molecule has 0 spiro atoms. The van der Waals surface area contributed by atoms with Crippen LogP contribution in [0.15, 0.2) is 36.7 Å². The van der Waals surface area contributed by atoms with E-state index in [0.717, 1.165) is 17.3 Å². The van der Waals surface area contributed by atoms with Crippen LogP contribution in [0.4, 0.5) is 5.69 Å². The summed E-state index contributed by atoms with van der Waals surface area (Å²) >= 11 is 0. The average molecular weight is 254 g/mol. The Morgan fingerprint density at radius 2 is 2.32 bits per heavy atom. The van der Waals surface area contributed by atoms with Crippen molar-refractivity contribution in [2.45, 2.75) is 13.3 Å². The fourth-order valence-corrected chi connectivity index (χ4v) is 2.17. The molecule has 1 amide bonds. The van der Waals surface area contributed by atoms with Gasteiger partial charge in [-0.1, -0.05) is 19.1 Å². The van der Waals surface area contributed by atoms with Gasteiger partial charge in [-0.25, -0.2) is 0 Å². The maximum Gasteiger partial charge on any atom is 0.272 e. The van der Waals surface area contributed by atoms with Gasteiger partial charge in [0.05, 0.1) is 11.9 Å². The summed E-state index contributed by atoms with van der Waals surface area (Å²) in [6, 6.07) is 7.94. The van der Waals surface area contributed by atoms with Gasteiger partial charge in [-0.15, -0.1) is 0 Å². The van der Waals surface area contributed by atoms with Crippen LogP contribution < -0.4 is 5.32 Å². The molecule has 0 atom stereocenters. The van der Waals surface area contributed by atoms with Crippen LogP contribution in [0.3, 0.4) is 0 Å². The molecule has 5 heteroatoms. The Labute approximate surface area is 110 Å². The van der Waals surface area contributed by atoms with Gasteiger partial charge in [0, 0.05) is 17.1 Å². The van der Waals surface area contributed by atoms with E-state index in [1.807, 2.05) is 18.2 Å². The molecule has 5 nitrogen and oxygen atoms in total. The number of aromatic nitrogens is 3. The zero-order valence-electron chi connectivity index (χ0n) is 10.5. The summed E-state index contributed by atoms with van der Waals surface area (Å²) in [6.45, 7) is 2.10. The largest absolute Gasteiger partial charge is 0.351 e. The van der Waals surface area contributed by atoms with Gasteiger partial charge >= 0.3 is 0 Å². The molecular formula is C14H14N4O.